The zero-order chi connectivity index (χ0) is 9.80. The molecule has 4 heteroatoms. The van der Waals surface area contributed by atoms with Crippen LogP contribution in [0.25, 0.3) is 0 Å². The van der Waals surface area contributed by atoms with Crippen LogP contribution in [0, 0.1) is 5.92 Å². The summed E-state index contributed by atoms with van der Waals surface area (Å²) in [5.41, 5.74) is 0. The third-order valence-corrected chi connectivity index (χ3v) is 2.58. The minimum Gasteiger partial charge on any atom is -0.473 e. The summed E-state index contributed by atoms with van der Waals surface area (Å²) in [6.45, 7) is 0.264. The Morgan fingerprint density at radius 3 is 3.00 bits per heavy atom. The first-order valence-electron chi connectivity index (χ1n) is 4.92. The summed E-state index contributed by atoms with van der Waals surface area (Å²) in [6, 6.07) is 0. The molecular formula is C10H14N2O2. The molecule has 76 valence electrons. The van der Waals surface area contributed by atoms with Crippen molar-refractivity contribution in [2.75, 3.05) is 6.61 Å². The summed E-state index contributed by atoms with van der Waals surface area (Å²) >= 11 is 0. The van der Waals surface area contributed by atoms with Crippen molar-refractivity contribution in [2.24, 2.45) is 5.92 Å². The molecule has 0 aliphatic heterocycles. The van der Waals surface area contributed by atoms with Gasteiger partial charge in [-0.05, 0) is 25.2 Å². The van der Waals surface area contributed by atoms with Crippen LogP contribution in [0.5, 0.6) is 5.88 Å². The van der Waals surface area contributed by atoms with E-state index in [0.29, 0.717) is 11.8 Å². The van der Waals surface area contributed by atoms with E-state index in [2.05, 4.69) is 9.97 Å². The lowest BCUT2D eigenvalue weighted by Crippen LogP contribution is -2.13. The molecule has 0 spiro atoms. The van der Waals surface area contributed by atoms with E-state index in [1.165, 1.54) is 0 Å². The molecule has 0 unspecified atom stereocenters. The summed E-state index contributed by atoms with van der Waals surface area (Å²) in [6.07, 6.45) is 8.03. The second-order valence-corrected chi connectivity index (χ2v) is 3.65. The van der Waals surface area contributed by atoms with E-state index in [1.807, 2.05) is 0 Å². The Kier molecular flexibility index (Phi) is 2.93. The van der Waals surface area contributed by atoms with Gasteiger partial charge in [-0.15, -0.1) is 0 Å². The molecule has 1 fully saturated rings. The van der Waals surface area contributed by atoms with Crippen molar-refractivity contribution in [1.82, 2.24) is 9.97 Å². The summed E-state index contributed by atoms with van der Waals surface area (Å²) in [5, 5.41) is 8.97. The van der Waals surface area contributed by atoms with Crippen molar-refractivity contribution in [3.8, 4) is 5.88 Å². The van der Waals surface area contributed by atoms with Gasteiger partial charge in [-0.25, -0.2) is 4.98 Å². The zero-order valence-corrected chi connectivity index (χ0v) is 7.97. The Morgan fingerprint density at radius 2 is 2.36 bits per heavy atom. The number of nitrogens with zero attached hydrogens (tertiary/aromatic N) is 2. The molecule has 1 aromatic rings. The van der Waals surface area contributed by atoms with Gasteiger partial charge in [0.25, 0.3) is 0 Å². The Hall–Kier alpha value is -1.16. The van der Waals surface area contributed by atoms with Gasteiger partial charge in [-0.1, -0.05) is 0 Å². The molecule has 0 amide bonds. The molecule has 2 atom stereocenters. The van der Waals surface area contributed by atoms with Crippen molar-refractivity contribution in [2.45, 2.75) is 25.4 Å². The summed E-state index contributed by atoms with van der Waals surface area (Å²) in [7, 11) is 0. The first-order chi connectivity index (χ1) is 6.88. The molecule has 0 bridgehead atoms. The van der Waals surface area contributed by atoms with Gasteiger partial charge in [0.2, 0.25) is 5.88 Å². The van der Waals surface area contributed by atoms with Gasteiger partial charge in [-0.2, -0.15) is 0 Å². The lowest BCUT2D eigenvalue weighted by atomic mass is 10.1. The molecule has 1 aromatic heterocycles. The highest BCUT2D eigenvalue weighted by Gasteiger charge is 2.25. The van der Waals surface area contributed by atoms with Crippen LogP contribution in [0.15, 0.2) is 18.6 Å². The van der Waals surface area contributed by atoms with Crippen LogP contribution >= 0.6 is 0 Å². The van der Waals surface area contributed by atoms with Gasteiger partial charge in [-0.3, -0.25) is 4.98 Å². The lowest BCUT2D eigenvalue weighted by molar-refractivity contribution is 0.177. The van der Waals surface area contributed by atoms with Crippen molar-refractivity contribution in [3.63, 3.8) is 0 Å². The van der Waals surface area contributed by atoms with E-state index in [1.54, 1.807) is 18.6 Å². The summed E-state index contributed by atoms with van der Waals surface area (Å²) < 4.78 is 5.62. The molecular weight excluding hydrogens is 180 g/mol. The van der Waals surface area contributed by atoms with Crippen LogP contribution in [0.4, 0.5) is 0 Å². The third kappa shape index (κ3) is 2.20. The van der Waals surface area contributed by atoms with Crippen LogP contribution in [0.2, 0.25) is 0 Å². The zero-order valence-electron chi connectivity index (χ0n) is 7.97. The molecule has 1 saturated carbocycles. The van der Waals surface area contributed by atoms with Gasteiger partial charge in [0.15, 0.2) is 0 Å². The van der Waals surface area contributed by atoms with Crippen molar-refractivity contribution in [1.29, 1.82) is 0 Å². The standard InChI is InChI=1S/C10H14N2O2/c13-7-8-1-2-9(5-8)14-10-6-11-3-4-12-10/h3-4,6,8-9,13H,1-2,5,7H2/t8-,9+/m1/s1. The minimum atomic E-state index is 0.198. The highest BCUT2D eigenvalue weighted by molar-refractivity contribution is 5.02. The second-order valence-electron chi connectivity index (χ2n) is 3.65. The molecule has 2 rings (SSSR count). The molecule has 1 heterocycles. The molecule has 0 saturated heterocycles. The predicted molar refractivity (Wildman–Crippen MR) is 50.9 cm³/mol. The van der Waals surface area contributed by atoms with Crippen molar-refractivity contribution >= 4 is 0 Å². The summed E-state index contributed by atoms with van der Waals surface area (Å²) in [4.78, 5) is 7.97. The predicted octanol–water partition coefficient (Wildman–Crippen LogP) is 1.02. The van der Waals surface area contributed by atoms with E-state index < -0.39 is 0 Å². The molecule has 1 aliphatic carbocycles. The quantitative estimate of drug-likeness (QED) is 0.780. The Labute approximate surface area is 83.0 Å². The van der Waals surface area contributed by atoms with E-state index in [0.717, 1.165) is 19.3 Å². The van der Waals surface area contributed by atoms with Gasteiger partial charge >= 0.3 is 0 Å². The maximum absolute atomic E-state index is 8.97. The van der Waals surface area contributed by atoms with Crippen LogP contribution < -0.4 is 4.74 Å². The van der Waals surface area contributed by atoms with Gasteiger partial charge in [0.1, 0.15) is 6.10 Å². The highest BCUT2D eigenvalue weighted by Crippen LogP contribution is 2.27. The first kappa shape index (κ1) is 9.40. The number of aliphatic hydroxyl groups is 1. The Morgan fingerprint density at radius 1 is 1.43 bits per heavy atom. The molecule has 0 radical (unpaired) electrons. The fourth-order valence-corrected chi connectivity index (χ4v) is 1.82. The number of aliphatic hydroxyl groups excluding tert-OH is 1. The maximum Gasteiger partial charge on any atom is 0.232 e. The number of hydrogen-bond acceptors (Lipinski definition) is 4. The van der Waals surface area contributed by atoms with E-state index in [4.69, 9.17) is 9.84 Å². The smallest absolute Gasteiger partial charge is 0.232 e. The van der Waals surface area contributed by atoms with E-state index >= 15 is 0 Å². The Balaban J connectivity index is 1.88. The highest BCUT2D eigenvalue weighted by atomic mass is 16.5. The largest absolute Gasteiger partial charge is 0.473 e. The van der Waals surface area contributed by atoms with Gasteiger partial charge < -0.3 is 9.84 Å². The first-order valence-corrected chi connectivity index (χ1v) is 4.92. The number of aromatic nitrogens is 2. The molecule has 14 heavy (non-hydrogen) atoms. The topological polar surface area (TPSA) is 55.2 Å². The second kappa shape index (κ2) is 4.37. The SMILES string of the molecule is OC[C@@H]1CC[C@H](Oc2cnccn2)C1. The monoisotopic (exact) mass is 194 g/mol. The summed E-state index contributed by atoms with van der Waals surface area (Å²) in [5.74, 6) is 0.979. The average Bonchev–Trinajstić information content (AvgIpc) is 2.67. The third-order valence-electron chi connectivity index (χ3n) is 2.58. The van der Waals surface area contributed by atoms with Gasteiger partial charge in [0.05, 0.1) is 6.20 Å². The normalized spacial score (nSPS) is 26.4. The lowest BCUT2D eigenvalue weighted by Gasteiger charge is -2.11. The Bertz CT molecular complexity index is 279. The number of ether oxygens (including phenoxy) is 1. The average molecular weight is 194 g/mol. The molecule has 1 N–H and O–H groups in total. The number of hydrogen-bond donors (Lipinski definition) is 1. The minimum absolute atomic E-state index is 0.198. The van der Waals surface area contributed by atoms with Crippen molar-refractivity contribution in [3.05, 3.63) is 18.6 Å². The molecule has 4 nitrogen and oxygen atoms in total. The maximum atomic E-state index is 8.97. The van der Waals surface area contributed by atoms with E-state index in [-0.39, 0.29) is 12.7 Å². The molecule has 1 aliphatic rings. The van der Waals surface area contributed by atoms with Crippen molar-refractivity contribution < 1.29 is 9.84 Å². The van der Waals surface area contributed by atoms with Crippen LogP contribution in [-0.2, 0) is 0 Å². The van der Waals surface area contributed by atoms with E-state index in [9.17, 15) is 0 Å². The molecule has 0 aromatic carbocycles. The van der Waals surface area contributed by atoms with Crippen LogP contribution in [0.3, 0.4) is 0 Å². The van der Waals surface area contributed by atoms with Crippen LogP contribution in [-0.4, -0.2) is 27.8 Å². The fourth-order valence-electron chi connectivity index (χ4n) is 1.82. The van der Waals surface area contributed by atoms with Gasteiger partial charge in [0, 0.05) is 19.0 Å². The number of rotatable bonds is 3. The fraction of sp³-hybridized carbons (Fsp3) is 0.600. The van der Waals surface area contributed by atoms with Crippen LogP contribution in [0.1, 0.15) is 19.3 Å².